The molecule has 1 heterocycles. The SMILES string of the molecule is CCCN1CCN(C(C)C)C(C)C1. The first-order valence-corrected chi connectivity index (χ1v) is 5.63. The predicted octanol–water partition coefficient (Wildman–Crippen LogP) is 1.81. The number of rotatable bonds is 3. The van der Waals surface area contributed by atoms with E-state index in [0.29, 0.717) is 6.04 Å². The van der Waals surface area contributed by atoms with Gasteiger partial charge in [0.15, 0.2) is 0 Å². The first-order chi connectivity index (χ1) is 6.15. The fourth-order valence-corrected chi connectivity index (χ4v) is 2.33. The average Bonchev–Trinajstić information content (AvgIpc) is 2.04. The minimum atomic E-state index is 0.707. The van der Waals surface area contributed by atoms with Crippen LogP contribution >= 0.6 is 0 Å². The van der Waals surface area contributed by atoms with Crippen LogP contribution < -0.4 is 0 Å². The molecule has 13 heavy (non-hydrogen) atoms. The molecule has 2 nitrogen and oxygen atoms in total. The maximum Gasteiger partial charge on any atom is 0.0198 e. The van der Waals surface area contributed by atoms with E-state index in [2.05, 4.69) is 37.5 Å². The fourth-order valence-electron chi connectivity index (χ4n) is 2.33. The number of hydrogen-bond acceptors (Lipinski definition) is 2. The van der Waals surface area contributed by atoms with Crippen LogP contribution in [-0.4, -0.2) is 48.1 Å². The van der Waals surface area contributed by atoms with Crippen molar-refractivity contribution in [3.8, 4) is 0 Å². The van der Waals surface area contributed by atoms with E-state index in [9.17, 15) is 0 Å². The zero-order valence-electron chi connectivity index (χ0n) is 9.58. The van der Waals surface area contributed by atoms with E-state index in [1.165, 1.54) is 32.6 Å². The third kappa shape index (κ3) is 2.96. The van der Waals surface area contributed by atoms with Crippen molar-refractivity contribution in [3.63, 3.8) is 0 Å². The van der Waals surface area contributed by atoms with Crippen LogP contribution in [0.1, 0.15) is 34.1 Å². The molecule has 0 saturated carbocycles. The highest BCUT2D eigenvalue weighted by Gasteiger charge is 2.24. The van der Waals surface area contributed by atoms with Crippen molar-refractivity contribution in [1.82, 2.24) is 9.80 Å². The molecule has 0 radical (unpaired) electrons. The van der Waals surface area contributed by atoms with E-state index in [4.69, 9.17) is 0 Å². The van der Waals surface area contributed by atoms with Gasteiger partial charge in [0.05, 0.1) is 0 Å². The van der Waals surface area contributed by atoms with Gasteiger partial charge in [0.2, 0.25) is 0 Å². The van der Waals surface area contributed by atoms with Gasteiger partial charge in [-0.3, -0.25) is 4.90 Å². The molecule has 0 aliphatic carbocycles. The quantitative estimate of drug-likeness (QED) is 0.660. The summed E-state index contributed by atoms with van der Waals surface area (Å²) in [7, 11) is 0. The second-order valence-electron chi connectivity index (χ2n) is 4.48. The second kappa shape index (κ2) is 4.97. The maximum absolute atomic E-state index is 2.60. The van der Waals surface area contributed by atoms with Gasteiger partial charge in [-0.25, -0.2) is 0 Å². The molecular weight excluding hydrogens is 160 g/mol. The third-order valence-electron chi connectivity index (χ3n) is 2.97. The first-order valence-electron chi connectivity index (χ1n) is 5.63. The standard InChI is InChI=1S/C11H24N2/c1-5-6-12-7-8-13(10(2)3)11(4)9-12/h10-11H,5-9H2,1-4H3. The highest BCUT2D eigenvalue weighted by Crippen LogP contribution is 2.12. The van der Waals surface area contributed by atoms with Gasteiger partial charge in [-0.05, 0) is 33.7 Å². The normalized spacial score (nSPS) is 27.0. The molecule has 1 aliphatic rings. The zero-order valence-corrected chi connectivity index (χ0v) is 9.58. The first kappa shape index (κ1) is 11.0. The molecule has 0 spiro atoms. The van der Waals surface area contributed by atoms with Crippen LogP contribution in [-0.2, 0) is 0 Å². The van der Waals surface area contributed by atoms with E-state index in [1.807, 2.05) is 0 Å². The summed E-state index contributed by atoms with van der Waals surface area (Å²) < 4.78 is 0. The monoisotopic (exact) mass is 184 g/mol. The molecule has 0 bridgehead atoms. The van der Waals surface area contributed by atoms with Gasteiger partial charge >= 0.3 is 0 Å². The van der Waals surface area contributed by atoms with Crippen molar-refractivity contribution in [3.05, 3.63) is 0 Å². The Balaban J connectivity index is 2.37. The van der Waals surface area contributed by atoms with E-state index in [-0.39, 0.29) is 0 Å². The summed E-state index contributed by atoms with van der Waals surface area (Å²) in [5.41, 5.74) is 0. The Labute approximate surface area is 82.9 Å². The second-order valence-corrected chi connectivity index (χ2v) is 4.48. The van der Waals surface area contributed by atoms with Crippen LogP contribution in [0.25, 0.3) is 0 Å². The lowest BCUT2D eigenvalue weighted by atomic mass is 10.1. The Morgan fingerprint density at radius 1 is 1.31 bits per heavy atom. The average molecular weight is 184 g/mol. The van der Waals surface area contributed by atoms with Gasteiger partial charge in [0, 0.05) is 31.7 Å². The summed E-state index contributed by atoms with van der Waals surface area (Å²) in [6.07, 6.45) is 1.29. The Morgan fingerprint density at radius 2 is 2.00 bits per heavy atom. The molecular formula is C11H24N2. The van der Waals surface area contributed by atoms with E-state index < -0.39 is 0 Å². The lowest BCUT2D eigenvalue weighted by Crippen LogP contribution is -2.54. The molecule has 78 valence electrons. The van der Waals surface area contributed by atoms with Crippen LogP contribution in [0.3, 0.4) is 0 Å². The van der Waals surface area contributed by atoms with Gasteiger partial charge in [0.25, 0.3) is 0 Å². The summed E-state index contributed by atoms with van der Waals surface area (Å²) >= 11 is 0. The van der Waals surface area contributed by atoms with Gasteiger partial charge < -0.3 is 4.90 Å². The van der Waals surface area contributed by atoms with Crippen molar-refractivity contribution in [2.24, 2.45) is 0 Å². The summed E-state index contributed by atoms with van der Waals surface area (Å²) in [6, 6.07) is 1.44. The van der Waals surface area contributed by atoms with E-state index in [1.54, 1.807) is 0 Å². The van der Waals surface area contributed by atoms with Crippen molar-refractivity contribution in [2.45, 2.75) is 46.2 Å². The van der Waals surface area contributed by atoms with Crippen molar-refractivity contribution in [2.75, 3.05) is 26.2 Å². The van der Waals surface area contributed by atoms with Gasteiger partial charge in [0.1, 0.15) is 0 Å². The summed E-state index contributed by atoms with van der Waals surface area (Å²) in [5, 5.41) is 0. The smallest absolute Gasteiger partial charge is 0.0198 e. The van der Waals surface area contributed by atoms with Crippen LogP contribution in [0.15, 0.2) is 0 Å². The highest BCUT2D eigenvalue weighted by molar-refractivity contribution is 4.80. The van der Waals surface area contributed by atoms with Crippen molar-refractivity contribution >= 4 is 0 Å². The summed E-state index contributed by atoms with van der Waals surface area (Å²) in [5.74, 6) is 0. The zero-order chi connectivity index (χ0) is 9.84. The molecule has 0 aromatic heterocycles. The molecule has 1 unspecified atom stereocenters. The third-order valence-corrected chi connectivity index (χ3v) is 2.97. The predicted molar refractivity (Wildman–Crippen MR) is 58.0 cm³/mol. The Hall–Kier alpha value is -0.0800. The Kier molecular flexibility index (Phi) is 4.20. The van der Waals surface area contributed by atoms with Crippen molar-refractivity contribution < 1.29 is 0 Å². The molecule has 0 amide bonds. The molecule has 1 atom stereocenters. The van der Waals surface area contributed by atoms with E-state index >= 15 is 0 Å². The lowest BCUT2D eigenvalue weighted by molar-refractivity contribution is 0.0605. The van der Waals surface area contributed by atoms with Crippen molar-refractivity contribution in [1.29, 1.82) is 0 Å². The maximum atomic E-state index is 2.60. The largest absolute Gasteiger partial charge is 0.301 e. The van der Waals surface area contributed by atoms with Gasteiger partial charge in [-0.1, -0.05) is 6.92 Å². The fraction of sp³-hybridized carbons (Fsp3) is 1.00. The van der Waals surface area contributed by atoms with E-state index in [0.717, 1.165) is 6.04 Å². The molecule has 0 N–H and O–H groups in total. The minimum Gasteiger partial charge on any atom is -0.301 e. The molecule has 1 saturated heterocycles. The van der Waals surface area contributed by atoms with Crippen LogP contribution in [0.2, 0.25) is 0 Å². The minimum absolute atomic E-state index is 0.707. The molecule has 0 aromatic rings. The molecule has 1 fully saturated rings. The Bertz CT molecular complexity index is 145. The van der Waals surface area contributed by atoms with Crippen LogP contribution in [0.4, 0.5) is 0 Å². The van der Waals surface area contributed by atoms with Gasteiger partial charge in [-0.15, -0.1) is 0 Å². The van der Waals surface area contributed by atoms with Crippen LogP contribution in [0, 0.1) is 0 Å². The van der Waals surface area contributed by atoms with Gasteiger partial charge in [-0.2, -0.15) is 0 Å². The number of nitrogens with zero attached hydrogens (tertiary/aromatic N) is 2. The Morgan fingerprint density at radius 3 is 2.46 bits per heavy atom. The number of piperazine rings is 1. The summed E-state index contributed by atoms with van der Waals surface area (Å²) in [6.45, 7) is 14.2. The molecule has 1 rings (SSSR count). The molecule has 1 aliphatic heterocycles. The molecule has 2 heteroatoms. The molecule has 0 aromatic carbocycles. The highest BCUT2D eigenvalue weighted by atomic mass is 15.3. The summed E-state index contributed by atoms with van der Waals surface area (Å²) in [4.78, 5) is 5.19. The number of hydrogen-bond donors (Lipinski definition) is 0. The topological polar surface area (TPSA) is 6.48 Å². The lowest BCUT2D eigenvalue weighted by Gasteiger charge is -2.42. The van der Waals surface area contributed by atoms with Crippen LogP contribution in [0.5, 0.6) is 0 Å².